The van der Waals surface area contributed by atoms with Gasteiger partial charge in [-0.3, -0.25) is 4.79 Å². The molecule has 0 saturated heterocycles. The summed E-state index contributed by atoms with van der Waals surface area (Å²) in [6.45, 7) is 13.2. The van der Waals surface area contributed by atoms with Crippen molar-refractivity contribution < 1.29 is 13.9 Å². The zero-order valence-corrected chi connectivity index (χ0v) is 20.1. The number of ether oxygens (including phenoxy) is 1. The monoisotopic (exact) mass is 435 g/mol. The minimum absolute atomic E-state index is 0.0549. The molecule has 32 heavy (non-hydrogen) atoms. The second-order valence-corrected chi connectivity index (χ2v) is 10.1. The van der Waals surface area contributed by atoms with Gasteiger partial charge in [-0.25, -0.2) is 0 Å². The summed E-state index contributed by atoms with van der Waals surface area (Å²) < 4.78 is 11.4. The van der Waals surface area contributed by atoms with Crippen LogP contribution in [0.2, 0.25) is 0 Å². The topological polar surface area (TPSA) is 68.5 Å². The summed E-state index contributed by atoms with van der Waals surface area (Å²) in [5.74, 6) is 1.32. The van der Waals surface area contributed by atoms with Crippen molar-refractivity contribution >= 4 is 5.91 Å². The summed E-state index contributed by atoms with van der Waals surface area (Å²) in [4.78, 5) is 14.0. The number of aromatic nitrogens is 2. The van der Waals surface area contributed by atoms with E-state index < -0.39 is 0 Å². The number of carbonyl (C=O) groups excluding carboxylic acids is 1. The van der Waals surface area contributed by atoms with Crippen molar-refractivity contribution in [3.05, 3.63) is 65.5 Å². The SMILES string of the molecule is CN(Cc1nnc(-c2ccc(C(C)(C)C)cc2)o1)C(=O)COc1ccc(C(C)(C)C)cc1. The lowest BCUT2D eigenvalue weighted by molar-refractivity contribution is -0.132. The highest BCUT2D eigenvalue weighted by molar-refractivity contribution is 5.77. The van der Waals surface area contributed by atoms with Crippen molar-refractivity contribution in [3.63, 3.8) is 0 Å². The van der Waals surface area contributed by atoms with Crippen LogP contribution in [0.4, 0.5) is 0 Å². The molecule has 170 valence electrons. The Morgan fingerprint density at radius 2 is 1.41 bits per heavy atom. The van der Waals surface area contributed by atoms with Gasteiger partial charge in [0.15, 0.2) is 6.61 Å². The lowest BCUT2D eigenvalue weighted by atomic mass is 9.87. The third kappa shape index (κ3) is 5.96. The molecule has 0 spiro atoms. The van der Waals surface area contributed by atoms with Gasteiger partial charge < -0.3 is 14.1 Å². The lowest BCUT2D eigenvalue weighted by Crippen LogP contribution is -2.31. The molecule has 0 atom stereocenters. The summed E-state index contributed by atoms with van der Waals surface area (Å²) in [6.07, 6.45) is 0. The second kappa shape index (κ2) is 9.15. The Balaban J connectivity index is 1.55. The standard InChI is InChI=1S/C26H33N3O3/c1-25(2,3)19-10-8-18(9-11-19)24-28-27-22(32-24)16-29(7)23(30)17-31-21-14-12-20(13-15-21)26(4,5)6/h8-15H,16-17H2,1-7H3. The van der Waals surface area contributed by atoms with Crippen LogP contribution in [-0.2, 0) is 22.2 Å². The second-order valence-electron chi connectivity index (χ2n) is 10.1. The van der Waals surface area contributed by atoms with E-state index in [2.05, 4.69) is 63.9 Å². The van der Waals surface area contributed by atoms with Gasteiger partial charge in [-0.2, -0.15) is 0 Å². The van der Waals surface area contributed by atoms with Crippen LogP contribution in [0.15, 0.2) is 52.9 Å². The molecule has 3 aromatic rings. The number of likely N-dealkylation sites (N-methyl/N-ethyl adjacent to an activating group) is 1. The fraction of sp³-hybridized carbons (Fsp3) is 0.423. The summed E-state index contributed by atoms with van der Waals surface area (Å²) in [5, 5.41) is 8.21. The summed E-state index contributed by atoms with van der Waals surface area (Å²) in [5.41, 5.74) is 3.46. The first-order chi connectivity index (χ1) is 14.9. The first-order valence-electron chi connectivity index (χ1n) is 10.8. The van der Waals surface area contributed by atoms with Crippen molar-refractivity contribution in [2.24, 2.45) is 0 Å². The maximum absolute atomic E-state index is 12.5. The summed E-state index contributed by atoms with van der Waals surface area (Å²) >= 11 is 0. The van der Waals surface area contributed by atoms with Crippen molar-refractivity contribution in [1.29, 1.82) is 0 Å². The molecule has 1 amide bonds. The molecular weight excluding hydrogens is 402 g/mol. The fourth-order valence-electron chi connectivity index (χ4n) is 3.14. The van der Waals surface area contributed by atoms with Crippen LogP contribution in [0.3, 0.4) is 0 Å². The minimum Gasteiger partial charge on any atom is -0.484 e. The van der Waals surface area contributed by atoms with E-state index in [1.54, 1.807) is 7.05 Å². The minimum atomic E-state index is -0.167. The Hall–Kier alpha value is -3.15. The molecule has 0 aliphatic carbocycles. The largest absolute Gasteiger partial charge is 0.484 e. The summed E-state index contributed by atoms with van der Waals surface area (Å²) in [6, 6.07) is 15.9. The van der Waals surface area contributed by atoms with Gasteiger partial charge in [-0.05, 0) is 46.2 Å². The maximum Gasteiger partial charge on any atom is 0.260 e. The van der Waals surface area contributed by atoms with Crippen LogP contribution in [0.1, 0.15) is 58.6 Å². The number of hydrogen-bond donors (Lipinski definition) is 0. The first-order valence-corrected chi connectivity index (χ1v) is 10.8. The van der Waals surface area contributed by atoms with Gasteiger partial charge >= 0.3 is 0 Å². The first kappa shape index (κ1) is 23.5. The number of hydrogen-bond acceptors (Lipinski definition) is 5. The van der Waals surface area contributed by atoms with Gasteiger partial charge in [-0.15, -0.1) is 10.2 Å². The van der Waals surface area contributed by atoms with Crippen LogP contribution in [-0.4, -0.2) is 34.7 Å². The average Bonchev–Trinajstić information content (AvgIpc) is 3.19. The van der Waals surface area contributed by atoms with E-state index in [1.807, 2.05) is 36.4 Å². The van der Waals surface area contributed by atoms with Gasteiger partial charge in [-0.1, -0.05) is 65.8 Å². The molecular formula is C26H33N3O3. The molecule has 6 nitrogen and oxygen atoms in total. The highest BCUT2D eigenvalue weighted by Gasteiger charge is 2.17. The highest BCUT2D eigenvalue weighted by Crippen LogP contribution is 2.26. The summed E-state index contributed by atoms with van der Waals surface area (Å²) in [7, 11) is 1.69. The molecule has 0 N–H and O–H groups in total. The molecule has 0 fully saturated rings. The van der Waals surface area contributed by atoms with Crippen LogP contribution in [0.5, 0.6) is 5.75 Å². The van der Waals surface area contributed by atoms with Crippen LogP contribution in [0.25, 0.3) is 11.5 Å². The number of rotatable bonds is 6. The molecule has 0 saturated carbocycles. The predicted octanol–water partition coefficient (Wildman–Crippen LogP) is 5.37. The van der Waals surface area contributed by atoms with Gasteiger partial charge in [0.2, 0.25) is 11.8 Å². The van der Waals surface area contributed by atoms with Gasteiger partial charge in [0.1, 0.15) is 5.75 Å². The third-order valence-corrected chi connectivity index (χ3v) is 5.35. The highest BCUT2D eigenvalue weighted by atomic mass is 16.5. The van der Waals surface area contributed by atoms with Crippen LogP contribution < -0.4 is 4.74 Å². The van der Waals surface area contributed by atoms with Crippen molar-refractivity contribution in [2.75, 3.05) is 13.7 Å². The van der Waals surface area contributed by atoms with Gasteiger partial charge in [0, 0.05) is 12.6 Å². The molecule has 6 heteroatoms. The van der Waals surface area contributed by atoms with E-state index in [-0.39, 0.29) is 29.9 Å². The van der Waals surface area contributed by atoms with E-state index in [9.17, 15) is 4.79 Å². The maximum atomic E-state index is 12.5. The molecule has 1 heterocycles. The quantitative estimate of drug-likeness (QED) is 0.521. The molecule has 0 aliphatic rings. The molecule has 3 rings (SSSR count). The van der Waals surface area contributed by atoms with Crippen molar-refractivity contribution in [1.82, 2.24) is 15.1 Å². The number of nitrogens with zero attached hydrogens (tertiary/aromatic N) is 3. The Morgan fingerprint density at radius 3 is 1.94 bits per heavy atom. The number of carbonyl (C=O) groups is 1. The molecule has 0 radical (unpaired) electrons. The molecule has 0 bridgehead atoms. The predicted molar refractivity (Wildman–Crippen MR) is 126 cm³/mol. The Kier molecular flexibility index (Phi) is 6.72. The molecule has 0 aliphatic heterocycles. The molecule has 1 aromatic heterocycles. The van der Waals surface area contributed by atoms with E-state index in [4.69, 9.17) is 9.15 Å². The Morgan fingerprint density at radius 1 is 0.875 bits per heavy atom. The number of benzene rings is 2. The molecule has 0 unspecified atom stereocenters. The third-order valence-electron chi connectivity index (χ3n) is 5.35. The average molecular weight is 436 g/mol. The van der Waals surface area contributed by atoms with E-state index in [0.717, 1.165) is 5.56 Å². The van der Waals surface area contributed by atoms with Crippen molar-refractivity contribution in [3.8, 4) is 17.2 Å². The van der Waals surface area contributed by atoms with Gasteiger partial charge in [0.05, 0.1) is 6.54 Å². The van der Waals surface area contributed by atoms with Crippen LogP contribution in [0, 0.1) is 0 Å². The zero-order valence-electron chi connectivity index (χ0n) is 20.1. The smallest absolute Gasteiger partial charge is 0.260 e. The zero-order chi connectivity index (χ0) is 23.5. The Labute approximate surface area is 190 Å². The van der Waals surface area contributed by atoms with E-state index in [0.29, 0.717) is 17.5 Å². The van der Waals surface area contributed by atoms with Crippen molar-refractivity contribution in [2.45, 2.75) is 58.9 Å². The Bertz CT molecular complexity index is 1040. The number of amides is 1. The molecule has 2 aromatic carbocycles. The fourth-order valence-corrected chi connectivity index (χ4v) is 3.14. The van der Waals surface area contributed by atoms with E-state index >= 15 is 0 Å². The van der Waals surface area contributed by atoms with Gasteiger partial charge in [0.25, 0.3) is 5.91 Å². The normalized spacial score (nSPS) is 12.0. The lowest BCUT2D eigenvalue weighted by Gasteiger charge is -2.19. The van der Waals surface area contributed by atoms with E-state index in [1.165, 1.54) is 16.0 Å². The van der Waals surface area contributed by atoms with Crippen LogP contribution >= 0.6 is 0 Å².